The minimum atomic E-state index is -3.73. The molecule has 9 nitrogen and oxygen atoms in total. The number of carbonyl (C=O) groups is 1. The number of ether oxygens (including phenoxy) is 1. The molecule has 0 unspecified atom stereocenters. The number of hydrogen-bond donors (Lipinski definition) is 1. The molecule has 1 atom stereocenters. The van der Waals surface area contributed by atoms with Crippen LogP contribution in [0.15, 0.2) is 47.6 Å². The normalized spacial score (nSPS) is 16.9. The predicted octanol–water partition coefficient (Wildman–Crippen LogP) is 2.72. The van der Waals surface area contributed by atoms with Crippen molar-refractivity contribution in [2.45, 2.75) is 43.7 Å². The highest BCUT2D eigenvalue weighted by Gasteiger charge is 2.30. The Morgan fingerprint density at radius 1 is 1.23 bits per heavy atom. The monoisotopic (exact) mass is 433 g/mol. The van der Waals surface area contributed by atoms with Gasteiger partial charge in [0.25, 0.3) is 10.0 Å². The fourth-order valence-electron chi connectivity index (χ4n) is 3.05. The fraction of sp³-hybridized carbons (Fsp3) is 0.450. The van der Waals surface area contributed by atoms with Crippen LogP contribution in [0.25, 0.3) is 0 Å². The summed E-state index contributed by atoms with van der Waals surface area (Å²) in [5.74, 6) is 0.740. The highest BCUT2D eigenvalue weighted by molar-refractivity contribution is 7.92. The molecule has 0 bridgehead atoms. The standard InChI is InChI=1S/C20H27N5O4S/c1-20(2,3)29-19(26)25-11-10-15(13-25)23-17-12-18(22-14-21-17)24(4)30(27,28)16-8-6-5-7-9-16/h5-9,12,14-15H,10-11,13H2,1-4H3,(H,21,22,23)/t15-/m1/s1. The summed E-state index contributed by atoms with van der Waals surface area (Å²) in [5.41, 5.74) is -0.543. The number of anilines is 2. The molecule has 30 heavy (non-hydrogen) atoms. The zero-order chi connectivity index (χ0) is 21.9. The smallest absolute Gasteiger partial charge is 0.410 e. The second kappa shape index (κ2) is 8.47. The number of aromatic nitrogens is 2. The van der Waals surface area contributed by atoms with E-state index in [-0.39, 0.29) is 22.8 Å². The van der Waals surface area contributed by atoms with Crippen molar-refractivity contribution in [3.8, 4) is 0 Å². The molecule has 1 aliphatic rings. The Balaban J connectivity index is 1.67. The molecule has 1 aliphatic heterocycles. The molecule has 0 aliphatic carbocycles. The van der Waals surface area contributed by atoms with Crippen molar-refractivity contribution in [1.82, 2.24) is 14.9 Å². The highest BCUT2D eigenvalue weighted by atomic mass is 32.2. The van der Waals surface area contributed by atoms with E-state index in [1.165, 1.54) is 25.5 Å². The zero-order valence-electron chi connectivity index (χ0n) is 17.6. The van der Waals surface area contributed by atoms with Crippen LogP contribution in [0.4, 0.5) is 16.4 Å². The van der Waals surface area contributed by atoms with Gasteiger partial charge in [-0.3, -0.25) is 4.31 Å². The fourth-order valence-corrected chi connectivity index (χ4v) is 4.21. The zero-order valence-corrected chi connectivity index (χ0v) is 18.4. The Kier molecular flexibility index (Phi) is 6.16. The van der Waals surface area contributed by atoms with E-state index in [2.05, 4.69) is 15.3 Å². The van der Waals surface area contributed by atoms with Crippen molar-refractivity contribution in [2.24, 2.45) is 0 Å². The summed E-state index contributed by atoms with van der Waals surface area (Å²) in [6.07, 6.45) is 1.70. The molecule has 10 heteroatoms. The van der Waals surface area contributed by atoms with Crippen molar-refractivity contribution < 1.29 is 17.9 Å². The van der Waals surface area contributed by atoms with Crippen molar-refractivity contribution in [3.05, 3.63) is 42.7 Å². The number of nitrogens with zero attached hydrogens (tertiary/aromatic N) is 4. The summed E-state index contributed by atoms with van der Waals surface area (Å²) >= 11 is 0. The van der Waals surface area contributed by atoms with Gasteiger partial charge in [0.1, 0.15) is 23.6 Å². The van der Waals surface area contributed by atoms with Gasteiger partial charge in [0.15, 0.2) is 0 Å². The van der Waals surface area contributed by atoms with Crippen molar-refractivity contribution in [3.63, 3.8) is 0 Å². The summed E-state index contributed by atoms with van der Waals surface area (Å²) in [6.45, 7) is 6.55. The maximum Gasteiger partial charge on any atom is 0.410 e. The molecule has 162 valence electrons. The molecule has 1 fully saturated rings. The van der Waals surface area contributed by atoms with E-state index < -0.39 is 15.6 Å². The lowest BCUT2D eigenvalue weighted by molar-refractivity contribution is 0.0293. The van der Waals surface area contributed by atoms with Gasteiger partial charge in [0.05, 0.1) is 4.90 Å². The first kappa shape index (κ1) is 21.8. The van der Waals surface area contributed by atoms with Gasteiger partial charge in [-0.1, -0.05) is 18.2 Å². The first-order valence-electron chi connectivity index (χ1n) is 9.67. The molecule has 1 amide bonds. The molecule has 1 N–H and O–H groups in total. The topological polar surface area (TPSA) is 105 Å². The Labute approximate surface area is 177 Å². The molecule has 2 aromatic rings. The van der Waals surface area contributed by atoms with Gasteiger partial charge in [-0.15, -0.1) is 0 Å². The van der Waals surface area contributed by atoms with Gasteiger partial charge in [0.2, 0.25) is 0 Å². The van der Waals surface area contributed by atoms with Crippen LogP contribution in [0, 0.1) is 0 Å². The van der Waals surface area contributed by atoms with Gasteiger partial charge in [-0.05, 0) is 39.3 Å². The van der Waals surface area contributed by atoms with Gasteiger partial charge >= 0.3 is 6.09 Å². The van der Waals surface area contributed by atoms with Crippen molar-refractivity contribution in [1.29, 1.82) is 0 Å². The molecular formula is C20H27N5O4S. The van der Waals surface area contributed by atoms with E-state index in [9.17, 15) is 13.2 Å². The molecule has 3 rings (SSSR count). The van der Waals surface area contributed by atoms with Crippen molar-refractivity contribution in [2.75, 3.05) is 29.8 Å². The number of rotatable bonds is 5. The number of amides is 1. The molecule has 0 spiro atoms. The predicted molar refractivity (Wildman–Crippen MR) is 114 cm³/mol. The second-order valence-corrected chi connectivity index (χ2v) is 10.1. The van der Waals surface area contributed by atoms with E-state index in [1.807, 2.05) is 20.8 Å². The third kappa shape index (κ3) is 5.18. The Hall–Kier alpha value is -2.88. The summed E-state index contributed by atoms with van der Waals surface area (Å²) < 4.78 is 32.1. The van der Waals surface area contributed by atoms with Crippen molar-refractivity contribution >= 4 is 27.8 Å². The summed E-state index contributed by atoms with van der Waals surface area (Å²) in [4.78, 5) is 22.4. The molecule has 2 heterocycles. The van der Waals surface area contributed by atoms with Gasteiger partial charge in [-0.25, -0.2) is 23.2 Å². The number of likely N-dealkylation sites (tertiary alicyclic amines) is 1. The largest absolute Gasteiger partial charge is 0.444 e. The van der Waals surface area contributed by atoms with E-state index in [0.29, 0.717) is 18.9 Å². The maximum absolute atomic E-state index is 12.8. The van der Waals surface area contributed by atoms with E-state index in [0.717, 1.165) is 10.7 Å². The minimum absolute atomic E-state index is 0.0173. The number of carbonyl (C=O) groups excluding carboxylic acids is 1. The molecule has 1 aromatic carbocycles. The number of hydrogen-bond acceptors (Lipinski definition) is 7. The lowest BCUT2D eigenvalue weighted by atomic mass is 10.2. The molecule has 1 saturated heterocycles. The van der Waals surface area contributed by atoms with Crippen LogP contribution in [-0.2, 0) is 14.8 Å². The Morgan fingerprint density at radius 3 is 2.60 bits per heavy atom. The van der Waals surface area contributed by atoms with Gasteiger partial charge < -0.3 is 15.0 Å². The van der Waals surface area contributed by atoms with E-state index in [4.69, 9.17) is 4.74 Å². The van der Waals surface area contributed by atoms with Gasteiger partial charge in [-0.2, -0.15) is 0 Å². The van der Waals surface area contributed by atoms with Crippen LogP contribution < -0.4 is 9.62 Å². The van der Waals surface area contributed by atoms with Gasteiger partial charge in [0, 0.05) is 32.2 Å². The lowest BCUT2D eigenvalue weighted by Crippen LogP contribution is -2.36. The lowest BCUT2D eigenvalue weighted by Gasteiger charge is -2.24. The average molecular weight is 434 g/mol. The summed E-state index contributed by atoms with van der Waals surface area (Å²) in [5, 5.41) is 3.25. The van der Waals surface area contributed by atoms with Crippen LogP contribution in [0.5, 0.6) is 0 Å². The third-order valence-corrected chi connectivity index (χ3v) is 6.34. The highest BCUT2D eigenvalue weighted by Crippen LogP contribution is 2.23. The number of nitrogens with one attached hydrogen (secondary N) is 1. The second-order valence-electron chi connectivity index (χ2n) is 8.10. The molecule has 0 radical (unpaired) electrons. The first-order chi connectivity index (χ1) is 14.1. The van der Waals surface area contributed by atoms with Crippen LogP contribution in [0.2, 0.25) is 0 Å². The average Bonchev–Trinajstić information content (AvgIpc) is 3.15. The number of sulfonamides is 1. The first-order valence-corrected chi connectivity index (χ1v) is 11.1. The molecule has 1 aromatic heterocycles. The van der Waals surface area contributed by atoms with E-state index in [1.54, 1.807) is 29.2 Å². The maximum atomic E-state index is 12.8. The SMILES string of the molecule is CN(c1cc(N[C@@H]2CCN(C(=O)OC(C)(C)C)C2)ncn1)S(=O)(=O)c1ccccc1. The Morgan fingerprint density at radius 2 is 1.93 bits per heavy atom. The number of benzene rings is 1. The van der Waals surface area contributed by atoms with E-state index >= 15 is 0 Å². The Bertz CT molecular complexity index is 992. The van der Waals surface area contributed by atoms with Crippen LogP contribution in [0.1, 0.15) is 27.2 Å². The quantitative estimate of drug-likeness (QED) is 0.773. The van der Waals surface area contributed by atoms with Crippen LogP contribution in [-0.4, -0.2) is 61.2 Å². The third-order valence-electron chi connectivity index (χ3n) is 4.57. The summed E-state index contributed by atoms with van der Waals surface area (Å²) in [6, 6.07) is 9.74. The van der Waals surface area contributed by atoms with Crippen LogP contribution in [0.3, 0.4) is 0 Å². The molecule has 0 saturated carbocycles. The van der Waals surface area contributed by atoms with Crippen LogP contribution >= 0.6 is 0 Å². The summed E-state index contributed by atoms with van der Waals surface area (Å²) in [7, 11) is -2.27. The molecular weight excluding hydrogens is 406 g/mol. The minimum Gasteiger partial charge on any atom is -0.444 e.